The molecule has 2 aromatic rings. The summed E-state index contributed by atoms with van der Waals surface area (Å²) in [6.07, 6.45) is -1.42. The second-order valence-electron chi connectivity index (χ2n) is 6.44. The van der Waals surface area contributed by atoms with Crippen molar-refractivity contribution in [2.24, 2.45) is 0 Å². The molecular weight excluding hydrogens is 368 g/mol. The number of aromatic hydroxyl groups is 3. The van der Waals surface area contributed by atoms with Crippen molar-refractivity contribution < 1.29 is 39.1 Å². The number of hydrogen-bond donors (Lipinski definition) is 3. The molecule has 0 saturated carbocycles. The maximum atomic E-state index is 12.6. The number of phenols is 3. The Bertz CT molecular complexity index is 969. The van der Waals surface area contributed by atoms with Gasteiger partial charge < -0.3 is 34.3 Å². The van der Waals surface area contributed by atoms with Gasteiger partial charge >= 0.3 is 5.97 Å². The van der Waals surface area contributed by atoms with Crippen LogP contribution < -0.4 is 9.47 Å². The van der Waals surface area contributed by atoms with E-state index in [2.05, 4.69) is 0 Å². The van der Waals surface area contributed by atoms with Crippen LogP contribution in [0.25, 0.3) is 0 Å². The van der Waals surface area contributed by atoms with Gasteiger partial charge in [-0.3, -0.25) is 0 Å². The Morgan fingerprint density at radius 3 is 2.21 bits per heavy atom. The van der Waals surface area contributed by atoms with Crippen molar-refractivity contribution in [1.82, 2.24) is 0 Å². The van der Waals surface area contributed by atoms with Crippen LogP contribution in [0.15, 0.2) is 41.5 Å². The van der Waals surface area contributed by atoms with Crippen LogP contribution in [-0.4, -0.2) is 42.1 Å². The topological polar surface area (TPSA) is 115 Å². The number of phenolic OH excluding ortho intramolecular Hbond substituents is 3. The van der Waals surface area contributed by atoms with E-state index < -0.39 is 18.2 Å². The van der Waals surface area contributed by atoms with Crippen LogP contribution >= 0.6 is 0 Å². The molecule has 2 aliphatic heterocycles. The van der Waals surface area contributed by atoms with Gasteiger partial charge in [-0.05, 0) is 29.8 Å². The van der Waals surface area contributed by atoms with Gasteiger partial charge in [0.1, 0.15) is 6.10 Å². The molecule has 0 aliphatic carbocycles. The summed E-state index contributed by atoms with van der Waals surface area (Å²) in [4.78, 5) is 12.6. The van der Waals surface area contributed by atoms with E-state index in [1.54, 1.807) is 18.2 Å². The van der Waals surface area contributed by atoms with Crippen molar-refractivity contribution in [3.63, 3.8) is 0 Å². The number of carbonyl (C=O) groups excluding carboxylic acids is 1. The minimum absolute atomic E-state index is 0.146. The predicted octanol–water partition coefficient (Wildman–Crippen LogP) is 2.49. The molecule has 0 aromatic heterocycles. The average molecular weight is 386 g/mol. The summed E-state index contributed by atoms with van der Waals surface area (Å²) >= 11 is 0. The van der Waals surface area contributed by atoms with Gasteiger partial charge in [0.05, 0.1) is 26.4 Å². The fourth-order valence-electron chi connectivity index (χ4n) is 3.50. The molecule has 2 aliphatic rings. The van der Waals surface area contributed by atoms with Gasteiger partial charge in [0.2, 0.25) is 5.75 Å². The number of hydrogen-bond acceptors (Lipinski definition) is 8. The summed E-state index contributed by atoms with van der Waals surface area (Å²) in [5.41, 5.74) is 2.11. The number of carbonyl (C=O) groups is 1. The lowest BCUT2D eigenvalue weighted by atomic mass is 9.96. The van der Waals surface area contributed by atoms with E-state index in [0.29, 0.717) is 22.3 Å². The minimum atomic E-state index is -0.708. The Morgan fingerprint density at radius 2 is 1.61 bits per heavy atom. The molecule has 2 heterocycles. The first kappa shape index (κ1) is 18.0. The molecule has 2 atom stereocenters. The lowest BCUT2D eigenvalue weighted by molar-refractivity contribution is -0.142. The molecule has 2 aromatic carbocycles. The van der Waals surface area contributed by atoms with Gasteiger partial charge in [-0.15, -0.1) is 0 Å². The van der Waals surface area contributed by atoms with Crippen LogP contribution in [-0.2, 0) is 14.3 Å². The van der Waals surface area contributed by atoms with Gasteiger partial charge in [-0.1, -0.05) is 6.07 Å². The van der Waals surface area contributed by atoms with Crippen molar-refractivity contribution in [2.75, 3.05) is 20.8 Å². The van der Waals surface area contributed by atoms with E-state index >= 15 is 0 Å². The number of cyclic esters (lactones) is 1. The zero-order valence-electron chi connectivity index (χ0n) is 15.1. The van der Waals surface area contributed by atoms with E-state index in [0.717, 1.165) is 0 Å². The Morgan fingerprint density at radius 1 is 0.929 bits per heavy atom. The van der Waals surface area contributed by atoms with Crippen molar-refractivity contribution in [1.29, 1.82) is 0 Å². The molecule has 0 radical (unpaired) electrons. The number of methoxy groups -OCH3 is 2. The zero-order chi connectivity index (χ0) is 20.0. The average Bonchev–Trinajstić information content (AvgIpc) is 3.26. The highest BCUT2D eigenvalue weighted by molar-refractivity contribution is 5.94. The number of esters is 1. The third-order valence-corrected chi connectivity index (χ3v) is 4.88. The molecule has 3 N–H and O–H groups in total. The van der Waals surface area contributed by atoms with Crippen LogP contribution in [0.3, 0.4) is 0 Å². The van der Waals surface area contributed by atoms with Crippen LogP contribution in [0.1, 0.15) is 23.3 Å². The SMILES string of the molecule is COc1cc(C2OC(=O)C3=C2COC3c2ccc(O)c(O)c2)cc(OC)c1O. The van der Waals surface area contributed by atoms with Crippen LogP contribution in [0.4, 0.5) is 0 Å². The number of rotatable bonds is 4. The summed E-state index contributed by atoms with van der Waals surface area (Å²) in [6, 6.07) is 7.41. The standard InChI is InChI=1S/C20H18O8/c1-25-14-6-10(7-15(26-2)17(14)23)18-11-8-27-19(16(11)20(24)28-18)9-3-4-12(21)13(22)5-9/h3-7,18-19,21-23H,8H2,1-2H3. The summed E-state index contributed by atoms with van der Waals surface area (Å²) in [7, 11) is 2.82. The lowest BCUT2D eigenvalue weighted by Gasteiger charge is -2.18. The van der Waals surface area contributed by atoms with Crippen LogP contribution in [0, 0.1) is 0 Å². The highest BCUT2D eigenvalue weighted by Gasteiger charge is 2.44. The Kier molecular flexibility index (Phi) is 4.27. The summed E-state index contributed by atoms with van der Waals surface area (Å²) < 4.78 is 21.7. The largest absolute Gasteiger partial charge is 0.504 e. The first-order valence-electron chi connectivity index (χ1n) is 8.46. The molecular formula is C20H18O8. The van der Waals surface area contributed by atoms with E-state index in [4.69, 9.17) is 18.9 Å². The first-order valence-corrected chi connectivity index (χ1v) is 8.46. The van der Waals surface area contributed by atoms with Crippen molar-refractivity contribution >= 4 is 5.97 Å². The van der Waals surface area contributed by atoms with Crippen molar-refractivity contribution in [2.45, 2.75) is 12.2 Å². The predicted molar refractivity (Wildman–Crippen MR) is 95.5 cm³/mol. The third-order valence-electron chi connectivity index (χ3n) is 4.88. The number of benzene rings is 2. The van der Waals surface area contributed by atoms with Gasteiger partial charge in [0.15, 0.2) is 29.1 Å². The van der Waals surface area contributed by atoms with Crippen molar-refractivity contribution in [3.8, 4) is 28.7 Å². The smallest absolute Gasteiger partial charge is 0.338 e. The second kappa shape index (κ2) is 6.65. The van der Waals surface area contributed by atoms with Crippen molar-refractivity contribution in [3.05, 3.63) is 52.6 Å². The van der Waals surface area contributed by atoms with Gasteiger partial charge in [0, 0.05) is 11.1 Å². The highest BCUT2D eigenvalue weighted by Crippen LogP contribution is 2.49. The lowest BCUT2D eigenvalue weighted by Crippen LogP contribution is -2.12. The van der Waals surface area contributed by atoms with Gasteiger partial charge in [-0.25, -0.2) is 4.79 Å². The summed E-state index contributed by atoms with van der Waals surface area (Å²) in [5.74, 6) is -0.845. The molecule has 146 valence electrons. The molecule has 4 rings (SSSR count). The number of ether oxygens (including phenoxy) is 4. The molecule has 0 fully saturated rings. The fourth-order valence-corrected chi connectivity index (χ4v) is 3.50. The molecule has 0 bridgehead atoms. The maximum absolute atomic E-state index is 12.6. The monoisotopic (exact) mass is 386 g/mol. The molecule has 8 heteroatoms. The molecule has 8 nitrogen and oxygen atoms in total. The Labute approximate surface area is 160 Å². The molecule has 28 heavy (non-hydrogen) atoms. The highest BCUT2D eigenvalue weighted by atomic mass is 16.6. The van der Waals surface area contributed by atoms with Crippen LogP contribution in [0.2, 0.25) is 0 Å². The van der Waals surface area contributed by atoms with Gasteiger partial charge in [-0.2, -0.15) is 0 Å². The van der Waals surface area contributed by atoms with Gasteiger partial charge in [0.25, 0.3) is 0 Å². The molecule has 0 saturated heterocycles. The third kappa shape index (κ3) is 2.69. The minimum Gasteiger partial charge on any atom is -0.504 e. The molecule has 0 amide bonds. The first-order chi connectivity index (χ1) is 13.4. The van der Waals surface area contributed by atoms with E-state index in [1.165, 1.54) is 26.4 Å². The zero-order valence-corrected chi connectivity index (χ0v) is 15.1. The quantitative estimate of drug-likeness (QED) is 0.542. The Balaban J connectivity index is 1.75. The molecule has 0 spiro atoms. The fraction of sp³-hybridized carbons (Fsp3) is 0.250. The van der Waals surface area contributed by atoms with E-state index in [1.807, 2.05) is 0 Å². The summed E-state index contributed by atoms with van der Waals surface area (Å²) in [5, 5.41) is 29.3. The maximum Gasteiger partial charge on any atom is 0.338 e. The van der Waals surface area contributed by atoms with Crippen LogP contribution in [0.5, 0.6) is 28.7 Å². The Hall–Kier alpha value is -3.39. The van der Waals surface area contributed by atoms with E-state index in [9.17, 15) is 20.1 Å². The second-order valence-corrected chi connectivity index (χ2v) is 6.44. The van der Waals surface area contributed by atoms with E-state index in [-0.39, 0.29) is 35.4 Å². The normalized spacial score (nSPS) is 20.9. The molecule has 2 unspecified atom stereocenters. The summed E-state index contributed by atoms with van der Waals surface area (Å²) in [6.45, 7) is 0.156.